The third kappa shape index (κ3) is 2.18. The Hall–Kier alpha value is -1.35. The summed E-state index contributed by atoms with van der Waals surface area (Å²) >= 11 is 0. The molecule has 0 spiro atoms. The second-order valence-corrected chi connectivity index (χ2v) is 3.65. The quantitative estimate of drug-likeness (QED) is 0.711. The third-order valence-corrected chi connectivity index (χ3v) is 2.57. The number of hydrogen-bond acceptors (Lipinski definition) is 3. The van der Waals surface area contributed by atoms with Gasteiger partial charge in [-0.1, -0.05) is 0 Å². The van der Waals surface area contributed by atoms with Crippen LogP contribution in [0.1, 0.15) is 28.8 Å². The van der Waals surface area contributed by atoms with Crippen molar-refractivity contribution < 1.29 is 14.3 Å². The van der Waals surface area contributed by atoms with Crippen LogP contribution in [0.2, 0.25) is 0 Å². The van der Waals surface area contributed by atoms with Crippen LogP contribution < -0.4 is 4.74 Å². The Labute approximate surface area is 89.0 Å². The summed E-state index contributed by atoms with van der Waals surface area (Å²) in [5, 5.41) is 0. The number of aryl methyl sites for hydroxylation is 1. The fraction of sp³-hybridized carbons (Fsp3) is 0.417. The van der Waals surface area contributed by atoms with E-state index in [1.807, 2.05) is 18.2 Å². The van der Waals surface area contributed by atoms with Crippen molar-refractivity contribution in [2.45, 2.75) is 19.3 Å². The average Bonchev–Trinajstić information content (AvgIpc) is 2.26. The van der Waals surface area contributed by atoms with Gasteiger partial charge in [0.25, 0.3) is 0 Å². The number of carbonyl (C=O) groups excluding carboxylic acids is 1. The van der Waals surface area contributed by atoms with Crippen LogP contribution in [-0.4, -0.2) is 19.7 Å². The number of carbonyl (C=O) groups is 1. The minimum atomic E-state index is 0.243. The molecule has 0 N–H and O–H groups in total. The van der Waals surface area contributed by atoms with E-state index in [9.17, 15) is 4.79 Å². The van der Waals surface area contributed by atoms with Crippen LogP contribution >= 0.6 is 0 Å². The van der Waals surface area contributed by atoms with Crippen molar-refractivity contribution in [2.24, 2.45) is 0 Å². The lowest BCUT2D eigenvalue weighted by molar-refractivity contribution is 0.0510. The highest BCUT2D eigenvalue weighted by atomic mass is 16.7. The van der Waals surface area contributed by atoms with Gasteiger partial charge in [0, 0.05) is 19.1 Å². The molecule has 0 unspecified atom stereocenters. The van der Waals surface area contributed by atoms with Gasteiger partial charge in [-0.05, 0) is 36.6 Å². The number of benzene rings is 1. The van der Waals surface area contributed by atoms with Gasteiger partial charge in [-0.2, -0.15) is 0 Å². The molecule has 0 aliphatic heterocycles. The molecule has 0 saturated heterocycles. The topological polar surface area (TPSA) is 35.5 Å². The molecular weight excluding hydrogens is 192 g/mol. The lowest BCUT2D eigenvalue weighted by Crippen LogP contribution is -2.11. The first-order valence-electron chi connectivity index (χ1n) is 5.09. The van der Waals surface area contributed by atoms with Crippen LogP contribution in [0.25, 0.3) is 0 Å². The minimum absolute atomic E-state index is 0.243. The average molecular weight is 206 g/mol. The van der Waals surface area contributed by atoms with Crippen molar-refractivity contribution in [2.75, 3.05) is 13.9 Å². The first kappa shape index (κ1) is 10.2. The molecule has 3 heteroatoms. The number of Topliss-reactive ketones (excluding diaryl/α,β-unsaturated/α-hetero) is 1. The summed E-state index contributed by atoms with van der Waals surface area (Å²) in [4.78, 5) is 11.5. The van der Waals surface area contributed by atoms with Gasteiger partial charge in [0.05, 0.1) is 0 Å². The largest absolute Gasteiger partial charge is 0.468 e. The van der Waals surface area contributed by atoms with Gasteiger partial charge in [-0.15, -0.1) is 0 Å². The second-order valence-electron chi connectivity index (χ2n) is 3.65. The molecule has 1 aliphatic rings. The number of ketones is 1. The van der Waals surface area contributed by atoms with E-state index in [1.54, 1.807) is 7.11 Å². The summed E-state index contributed by atoms with van der Waals surface area (Å²) in [6, 6.07) is 5.61. The molecule has 3 nitrogen and oxygen atoms in total. The highest BCUT2D eigenvalue weighted by Crippen LogP contribution is 2.25. The van der Waals surface area contributed by atoms with Gasteiger partial charge < -0.3 is 9.47 Å². The molecule has 0 fully saturated rings. The molecule has 80 valence electrons. The van der Waals surface area contributed by atoms with Gasteiger partial charge in [0.15, 0.2) is 12.6 Å². The number of ether oxygens (including phenoxy) is 2. The summed E-state index contributed by atoms with van der Waals surface area (Å²) in [5.74, 6) is 1.01. The maximum absolute atomic E-state index is 11.5. The van der Waals surface area contributed by atoms with E-state index in [1.165, 1.54) is 0 Å². The highest BCUT2D eigenvalue weighted by molar-refractivity contribution is 5.98. The second kappa shape index (κ2) is 4.45. The lowest BCUT2D eigenvalue weighted by Gasteiger charge is -2.15. The first-order chi connectivity index (χ1) is 7.31. The molecular formula is C12H14O3. The van der Waals surface area contributed by atoms with Crippen LogP contribution in [0.15, 0.2) is 18.2 Å². The van der Waals surface area contributed by atoms with Crippen molar-refractivity contribution in [3.05, 3.63) is 29.3 Å². The molecule has 0 atom stereocenters. The predicted octanol–water partition coefficient (Wildman–Crippen LogP) is 2.19. The Kier molecular flexibility index (Phi) is 3.02. The van der Waals surface area contributed by atoms with Crippen LogP contribution in [-0.2, 0) is 11.2 Å². The molecule has 0 radical (unpaired) electrons. The van der Waals surface area contributed by atoms with Crippen LogP contribution in [0.3, 0.4) is 0 Å². The predicted molar refractivity (Wildman–Crippen MR) is 56.2 cm³/mol. The zero-order valence-corrected chi connectivity index (χ0v) is 8.79. The summed E-state index contributed by atoms with van der Waals surface area (Å²) in [7, 11) is 1.59. The Balaban J connectivity index is 2.21. The summed E-state index contributed by atoms with van der Waals surface area (Å²) < 4.78 is 10.1. The van der Waals surface area contributed by atoms with E-state index in [0.29, 0.717) is 6.42 Å². The monoisotopic (exact) mass is 206 g/mol. The van der Waals surface area contributed by atoms with Crippen LogP contribution in [0, 0.1) is 0 Å². The molecule has 0 aromatic heterocycles. The fourth-order valence-corrected chi connectivity index (χ4v) is 1.84. The molecule has 0 saturated carbocycles. The van der Waals surface area contributed by atoms with Crippen LogP contribution in [0.4, 0.5) is 0 Å². The number of hydrogen-bond donors (Lipinski definition) is 0. The van der Waals surface area contributed by atoms with E-state index in [4.69, 9.17) is 9.47 Å². The standard InChI is InChI=1S/C12H14O3/c1-14-8-15-10-5-6-11-9(7-10)3-2-4-12(11)13/h5-7H,2-4,8H2,1H3. The third-order valence-electron chi connectivity index (χ3n) is 2.57. The summed E-state index contributed by atoms with van der Waals surface area (Å²) in [6.45, 7) is 0.243. The van der Waals surface area contributed by atoms with Crippen molar-refractivity contribution in [3.63, 3.8) is 0 Å². The Morgan fingerprint density at radius 1 is 1.33 bits per heavy atom. The van der Waals surface area contributed by atoms with Crippen LogP contribution in [0.5, 0.6) is 5.75 Å². The van der Waals surface area contributed by atoms with Gasteiger partial charge in [-0.3, -0.25) is 4.79 Å². The van der Waals surface area contributed by atoms with Crippen molar-refractivity contribution >= 4 is 5.78 Å². The van der Waals surface area contributed by atoms with Gasteiger partial charge in [0.1, 0.15) is 5.75 Å². The maximum atomic E-state index is 11.5. The molecule has 2 rings (SSSR count). The van der Waals surface area contributed by atoms with Gasteiger partial charge in [0.2, 0.25) is 0 Å². The molecule has 0 bridgehead atoms. The molecule has 0 heterocycles. The van der Waals surface area contributed by atoms with E-state index >= 15 is 0 Å². The van der Waals surface area contributed by atoms with E-state index in [2.05, 4.69) is 0 Å². The van der Waals surface area contributed by atoms with Crippen molar-refractivity contribution in [1.29, 1.82) is 0 Å². The van der Waals surface area contributed by atoms with E-state index < -0.39 is 0 Å². The van der Waals surface area contributed by atoms with E-state index in [-0.39, 0.29) is 12.6 Å². The van der Waals surface area contributed by atoms with E-state index in [0.717, 1.165) is 29.7 Å². The first-order valence-corrected chi connectivity index (χ1v) is 5.09. The van der Waals surface area contributed by atoms with Gasteiger partial charge in [-0.25, -0.2) is 0 Å². The Morgan fingerprint density at radius 3 is 3.00 bits per heavy atom. The molecule has 0 amide bonds. The normalized spacial score (nSPS) is 14.9. The zero-order chi connectivity index (χ0) is 10.7. The SMILES string of the molecule is COCOc1ccc2c(c1)CCCC2=O. The zero-order valence-electron chi connectivity index (χ0n) is 8.79. The molecule has 1 aromatic carbocycles. The number of rotatable bonds is 3. The van der Waals surface area contributed by atoms with Crippen molar-refractivity contribution in [1.82, 2.24) is 0 Å². The van der Waals surface area contributed by atoms with Gasteiger partial charge >= 0.3 is 0 Å². The molecule has 15 heavy (non-hydrogen) atoms. The van der Waals surface area contributed by atoms with Crippen molar-refractivity contribution in [3.8, 4) is 5.75 Å². The number of methoxy groups -OCH3 is 1. The maximum Gasteiger partial charge on any atom is 0.188 e. The smallest absolute Gasteiger partial charge is 0.188 e. The minimum Gasteiger partial charge on any atom is -0.468 e. The fourth-order valence-electron chi connectivity index (χ4n) is 1.84. The molecule has 1 aromatic rings. The summed E-state index contributed by atoms with van der Waals surface area (Å²) in [6.07, 6.45) is 2.58. The summed E-state index contributed by atoms with van der Waals surface area (Å²) in [5.41, 5.74) is 1.95. The molecule has 1 aliphatic carbocycles. The Morgan fingerprint density at radius 2 is 2.20 bits per heavy atom. The highest BCUT2D eigenvalue weighted by Gasteiger charge is 2.17. The lowest BCUT2D eigenvalue weighted by atomic mass is 9.91. The number of fused-ring (bicyclic) bond motifs is 1. The Bertz CT molecular complexity index is 371.